The first-order valence-corrected chi connectivity index (χ1v) is 8.70. The van der Waals surface area contributed by atoms with Gasteiger partial charge in [0.2, 0.25) is 0 Å². The third kappa shape index (κ3) is 2.38. The van der Waals surface area contributed by atoms with E-state index in [2.05, 4.69) is 35.5 Å². The lowest BCUT2D eigenvalue weighted by atomic mass is 9.93. The minimum atomic E-state index is -0.659. The number of nitrogens with zero attached hydrogens (tertiary/aromatic N) is 1. The van der Waals surface area contributed by atoms with Crippen LogP contribution < -0.4 is 0 Å². The average Bonchev–Trinajstić information content (AvgIpc) is 3.01. The van der Waals surface area contributed by atoms with Gasteiger partial charge in [0.05, 0.1) is 11.4 Å². The molecule has 0 amide bonds. The number of fused-ring (bicyclic) bond motifs is 2. The highest BCUT2D eigenvalue weighted by Gasteiger charge is 2.33. The molecule has 2 bridgehead atoms. The van der Waals surface area contributed by atoms with Crippen LogP contribution in [0.1, 0.15) is 31.2 Å². The first-order valence-electron chi connectivity index (χ1n) is 7.43. The van der Waals surface area contributed by atoms with Gasteiger partial charge < -0.3 is 4.52 Å². The van der Waals surface area contributed by atoms with E-state index in [1.807, 2.05) is 6.07 Å². The number of allylic oxidation sites excluding steroid dienone is 1. The molecule has 0 radical (unpaired) electrons. The number of hydrogen-bond acceptors (Lipinski definition) is 3. The van der Waals surface area contributed by atoms with Gasteiger partial charge in [-0.2, -0.15) is 0 Å². The summed E-state index contributed by atoms with van der Waals surface area (Å²) < 4.78 is 17.4. The van der Waals surface area contributed by atoms with Crippen LogP contribution in [0.15, 0.2) is 47.1 Å². The lowest BCUT2D eigenvalue weighted by Crippen LogP contribution is -2.33. The Hall–Kier alpha value is -1.68. The summed E-state index contributed by atoms with van der Waals surface area (Å²) in [7, 11) is -0.659. The predicted molar refractivity (Wildman–Crippen MR) is 84.1 cm³/mol. The normalized spacial score (nSPS) is 28.2. The van der Waals surface area contributed by atoms with E-state index in [4.69, 9.17) is 4.52 Å². The van der Waals surface area contributed by atoms with Gasteiger partial charge in [-0.3, -0.25) is 4.21 Å². The van der Waals surface area contributed by atoms with Crippen molar-refractivity contribution < 1.29 is 8.73 Å². The Morgan fingerprint density at radius 3 is 2.62 bits per heavy atom. The zero-order valence-corrected chi connectivity index (χ0v) is 12.5. The molecule has 108 valence electrons. The molecule has 3 nitrogen and oxygen atoms in total. The third-order valence-corrected chi connectivity index (χ3v) is 6.48. The van der Waals surface area contributed by atoms with Crippen molar-refractivity contribution in [2.24, 2.45) is 0 Å². The number of benzene rings is 1. The maximum Gasteiger partial charge on any atom is 0.166 e. The zero-order chi connectivity index (χ0) is 14.2. The number of hydrogen-bond donors (Lipinski definition) is 0. The van der Waals surface area contributed by atoms with E-state index in [1.165, 1.54) is 17.6 Å². The first kappa shape index (κ1) is 13.0. The van der Waals surface area contributed by atoms with Gasteiger partial charge in [0, 0.05) is 27.7 Å². The molecule has 0 N–H and O–H groups in total. The highest BCUT2D eigenvalue weighted by atomic mass is 32.2. The Kier molecular flexibility index (Phi) is 3.26. The standard InChI is InChI=1S/C17H17NO2S/c19-21-15-2-1-3-16(21)11-14(10-15)12-4-6-13(7-5-12)17-8-9-18-20-17/h4-10,15-16H,1-3,11H2. The Morgan fingerprint density at radius 1 is 1.10 bits per heavy atom. The molecule has 21 heavy (non-hydrogen) atoms. The number of aromatic nitrogens is 1. The third-order valence-electron chi connectivity index (χ3n) is 4.45. The van der Waals surface area contributed by atoms with Gasteiger partial charge >= 0.3 is 0 Å². The zero-order valence-electron chi connectivity index (χ0n) is 11.7. The van der Waals surface area contributed by atoms with E-state index in [0.29, 0.717) is 5.25 Å². The quantitative estimate of drug-likeness (QED) is 0.847. The van der Waals surface area contributed by atoms with E-state index in [1.54, 1.807) is 6.20 Å². The van der Waals surface area contributed by atoms with Crippen LogP contribution in [0.3, 0.4) is 0 Å². The molecule has 1 aromatic heterocycles. The second kappa shape index (κ2) is 5.26. The van der Waals surface area contributed by atoms with Crippen molar-refractivity contribution in [2.45, 2.75) is 36.2 Å². The fourth-order valence-electron chi connectivity index (χ4n) is 3.33. The summed E-state index contributed by atoms with van der Waals surface area (Å²) in [6.45, 7) is 0. The largest absolute Gasteiger partial charge is 0.356 e. The molecule has 1 fully saturated rings. The molecule has 0 aliphatic carbocycles. The summed E-state index contributed by atoms with van der Waals surface area (Å²) >= 11 is 0. The summed E-state index contributed by atoms with van der Waals surface area (Å²) in [6.07, 6.45) is 8.25. The molecular weight excluding hydrogens is 282 g/mol. The van der Waals surface area contributed by atoms with Gasteiger partial charge in [-0.15, -0.1) is 0 Å². The second-order valence-corrected chi connectivity index (χ2v) is 7.70. The highest BCUT2D eigenvalue weighted by molar-refractivity contribution is 7.86. The van der Waals surface area contributed by atoms with Crippen LogP contribution in [-0.2, 0) is 10.8 Å². The Bertz CT molecular complexity index is 688. The second-order valence-electron chi connectivity index (χ2n) is 5.77. The van der Waals surface area contributed by atoms with Crippen molar-refractivity contribution in [2.75, 3.05) is 0 Å². The van der Waals surface area contributed by atoms with Crippen molar-refractivity contribution in [1.82, 2.24) is 5.16 Å². The molecule has 2 aliphatic heterocycles. The molecule has 2 aliphatic rings. The SMILES string of the molecule is O=S1C2C=C(c3ccc(-c4ccno4)cc3)CC1CCC2. The molecule has 4 rings (SSSR count). The van der Waals surface area contributed by atoms with Crippen LogP contribution in [0.2, 0.25) is 0 Å². The average molecular weight is 299 g/mol. The van der Waals surface area contributed by atoms with Crippen molar-refractivity contribution in [3.63, 3.8) is 0 Å². The summed E-state index contributed by atoms with van der Waals surface area (Å²) in [5.74, 6) is 0.789. The van der Waals surface area contributed by atoms with Gasteiger partial charge in [0.25, 0.3) is 0 Å². The Balaban J connectivity index is 1.63. The van der Waals surface area contributed by atoms with Gasteiger partial charge in [-0.1, -0.05) is 41.9 Å². The van der Waals surface area contributed by atoms with E-state index in [0.717, 1.165) is 30.6 Å². The molecule has 4 heteroatoms. The maximum atomic E-state index is 12.2. The summed E-state index contributed by atoms with van der Waals surface area (Å²) in [5.41, 5.74) is 3.64. The van der Waals surface area contributed by atoms with Gasteiger partial charge in [-0.05, 0) is 30.4 Å². The van der Waals surface area contributed by atoms with Crippen molar-refractivity contribution in [1.29, 1.82) is 0 Å². The van der Waals surface area contributed by atoms with Crippen molar-refractivity contribution in [3.8, 4) is 11.3 Å². The Labute approximate surface area is 126 Å². The lowest BCUT2D eigenvalue weighted by molar-refractivity contribution is 0.432. The maximum absolute atomic E-state index is 12.2. The minimum absolute atomic E-state index is 0.265. The van der Waals surface area contributed by atoms with Crippen LogP contribution in [0.5, 0.6) is 0 Å². The van der Waals surface area contributed by atoms with Gasteiger partial charge in [0.1, 0.15) is 0 Å². The molecule has 3 heterocycles. The van der Waals surface area contributed by atoms with Crippen LogP contribution in [0.25, 0.3) is 16.9 Å². The lowest BCUT2D eigenvalue weighted by Gasteiger charge is -2.32. The molecular formula is C17H17NO2S. The van der Waals surface area contributed by atoms with Crippen LogP contribution in [0, 0.1) is 0 Å². The fourth-order valence-corrected chi connectivity index (χ4v) is 5.26. The van der Waals surface area contributed by atoms with Gasteiger partial charge in [-0.25, -0.2) is 0 Å². The van der Waals surface area contributed by atoms with Crippen molar-refractivity contribution in [3.05, 3.63) is 48.2 Å². The van der Waals surface area contributed by atoms with Crippen LogP contribution in [0.4, 0.5) is 0 Å². The molecule has 0 spiro atoms. The topological polar surface area (TPSA) is 43.1 Å². The van der Waals surface area contributed by atoms with E-state index >= 15 is 0 Å². The van der Waals surface area contributed by atoms with E-state index in [-0.39, 0.29) is 5.25 Å². The van der Waals surface area contributed by atoms with E-state index < -0.39 is 10.8 Å². The van der Waals surface area contributed by atoms with Crippen molar-refractivity contribution >= 4 is 16.4 Å². The summed E-state index contributed by atoms with van der Waals surface area (Å²) in [6, 6.07) is 10.3. The highest BCUT2D eigenvalue weighted by Crippen LogP contribution is 2.37. The smallest absolute Gasteiger partial charge is 0.166 e. The van der Waals surface area contributed by atoms with Crippen LogP contribution in [-0.4, -0.2) is 19.9 Å². The monoisotopic (exact) mass is 299 g/mol. The Morgan fingerprint density at radius 2 is 1.90 bits per heavy atom. The molecule has 1 saturated heterocycles. The van der Waals surface area contributed by atoms with Gasteiger partial charge in [0.15, 0.2) is 5.76 Å². The fraction of sp³-hybridized carbons (Fsp3) is 0.353. The van der Waals surface area contributed by atoms with E-state index in [9.17, 15) is 4.21 Å². The molecule has 3 unspecified atom stereocenters. The summed E-state index contributed by atoms with van der Waals surface area (Å²) in [4.78, 5) is 0. The molecule has 0 saturated carbocycles. The number of rotatable bonds is 2. The predicted octanol–water partition coefficient (Wildman–Crippen LogP) is 3.80. The first-order chi connectivity index (χ1) is 10.3. The minimum Gasteiger partial charge on any atom is -0.356 e. The van der Waals surface area contributed by atoms with Crippen LogP contribution >= 0.6 is 0 Å². The molecule has 2 aromatic rings. The summed E-state index contributed by atoms with van der Waals surface area (Å²) in [5, 5.41) is 4.36. The molecule has 3 atom stereocenters. The molecule has 1 aromatic carbocycles.